The lowest BCUT2D eigenvalue weighted by atomic mass is 10.0. The van der Waals surface area contributed by atoms with Crippen LogP contribution in [-0.2, 0) is 17.8 Å². The third-order valence-electron chi connectivity index (χ3n) is 6.19. The zero-order valence-corrected chi connectivity index (χ0v) is 20.8. The number of aryl methyl sites for hydroxylation is 2. The van der Waals surface area contributed by atoms with Crippen molar-refractivity contribution in [1.82, 2.24) is 25.1 Å². The molecule has 1 aromatic carbocycles. The molecule has 35 heavy (non-hydrogen) atoms. The number of methoxy groups -OCH3 is 3. The number of carbonyl (C=O) groups excluding carboxylic acids is 1. The Bertz CT molecular complexity index is 1150. The molecule has 0 N–H and O–H groups in total. The lowest BCUT2D eigenvalue weighted by molar-refractivity contribution is 0.0597. The van der Waals surface area contributed by atoms with E-state index in [4.69, 9.17) is 23.3 Å². The highest BCUT2D eigenvalue weighted by Crippen LogP contribution is 2.31. The number of hydrogen-bond acceptors (Lipinski definition) is 11. The molecule has 0 radical (unpaired) electrons. The van der Waals surface area contributed by atoms with Crippen molar-refractivity contribution in [1.29, 1.82) is 0 Å². The summed E-state index contributed by atoms with van der Waals surface area (Å²) in [6.45, 7) is 8.22. The molecule has 1 aliphatic heterocycles. The minimum Gasteiger partial charge on any atom is -0.497 e. The van der Waals surface area contributed by atoms with Crippen molar-refractivity contribution in [3.63, 3.8) is 0 Å². The van der Waals surface area contributed by atoms with Crippen LogP contribution in [0.2, 0.25) is 0 Å². The van der Waals surface area contributed by atoms with Crippen molar-refractivity contribution >= 4 is 5.97 Å². The summed E-state index contributed by atoms with van der Waals surface area (Å²) in [4.78, 5) is 21.6. The topological polar surface area (TPSA) is 116 Å². The summed E-state index contributed by atoms with van der Waals surface area (Å²) in [6.07, 6.45) is 0.959. The zero-order chi connectivity index (χ0) is 24.9. The van der Waals surface area contributed by atoms with Crippen molar-refractivity contribution in [3.8, 4) is 23.0 Å². The van der Waals surface area contributed by atoms with E-state index in [0.29, 0.717) is 47.6 Å². The zero-order valence-electron chi connectivity index (χ0n) is 20.8. The Morgan fingerprint density at radius 2 is 1.71 bits per heavy atom. The molecule has 1 aliphatic rings. The number of benzene rings is 1. The molecule has 3 heterocycles. The van der Waals surface area contributed by atoms with Crippen molar-refractivity contribution in [3.05, 3.63) is 40.5 Å². The van der Waals surface area contributed by atoms with Gasteiger partial charge >= 0.3 is 5.97 Å². The molecule has 0 bridgehead atoms. The van der Waals surface area contributed by atoms with Gasteiger partial charge in [-0.3, -0.25) is 9.80 Å². The van der Waals surface area contributed by atoms with Crippen molar-refractivity contribution in [2.75, 3.05) is 47.5 Å². The Labute approximate surface area is 203 Å². The Morgan fingerprint density at radius 1 is 0.971 bits per heavy atom. The van der Waals surface area contributed by atoms with Crippen LogP contribution in [0, 0.1) is 13.8 Å². The molecule has 188 valence electrons. The summed E-state index contributed by atoms with van der Waals surface area (Å²) in [5.74, 6) is 2.43. The Balaban J connectivity index is 1.43. The Morgan fingerprint density at radius 3 is 2.34 bits per heavy atom. The third kappa shape index (κ3) is 5.46. The van der Waals surface area contributed by atoms with E-state index in [9.17, 15) is 4.79 Å². The highest BCUT2D eigenvalue weighted by Gasteiger charge is 2.24. The monoisotopic (exact) mass is 485 g/mol. The maximum atomic E-state index is 12.5. The maximum absolute atomic E-state index is 12.5. The molecule has 3 aromatic rings. The molecule has 0 aliphatic carbocycles. The van der Waals surface area contributed by atoms with Crippen LogP contribution in [0.15, 0.2) is 21.2 Å². The fraction of sp³-hybridized carbons (Fsp3) is 0.500. The largest absolute Gasteiger partial charge is 0.497 e. The second kappa shape index (κ2) is 10.9. The number of aromatic nitrogens is 3. The summed E-state index contributed by atoms with van der Waals surface area (Å²) in [5.41, 5.74) is 2.71. The van der Waals surface area contributed by atoms with E-state index in [-0.39, 0.29) is 0 Å². The lowest BCUT2D eigenvalue weighted by Crippen LogP contribution is -2.31. The molecule has 0 atom stereocenters. The van der Waals surface area contributed by atoms with Crippen LogP contribution in [0.25, 0.3) is 11.5 Å². The molecule has 2 aromatic heterocycles. The van der Waals surface area contributed by atoms with Gasteiger partial charge in [0.1, 0.15) is 22.8 Å². The average Bonchev–Trinajstić information content (AvgIpc) is 3.38. The van der Waals surface area contributed by atoms with E-state index in [1.54, 1.807) is 26.4 Å². The summed E-state index contributed by atoms with van der Waals surface area (Å²) in [7, 11) is 4.52. The Kier molecular flexibility index (Phi) is 7.67. The number of esters is 1. The van der Waals surface area contributed by atoms with E-state index < -0.39 is 5.97 Å². The molecule has 0 amide bonds. The minimum absolute atomic E-state index is 0.417. The number of carbonyl (C=O) groups is 1. The SMILES string of the molecule is COC(=O)c1cc(OC)cc(OC)c1CN1CCCN(Cc2noc(-c3c(C)noc3C)n2)CC1. The molecule has 11 nitrogen and oxygen atoms in total. The van der Waals surface area contributed by atoms with E-state index in [1.807, 2.05) is 13.8 Å². The standard InChI is InChI=1S/C24H31N5O6/c1-15-22(16(2)34-26-15)23-25-21(27-35-23)14-29-8-6-7-28(9-10-29)13-19-18(24(30)33-5)11-17(31-3)12-20(19)32-4/h11-12H,6-10,13-14H2,1-5H3. The van der Waals surface area contributed by atoms with Gasteiger partial charge in [0.25, 0.3) is 5.89 Å². The quantitative estimate of drug-likeness (QED) is 0.439. The number of nitrogens with zero attached hydrogens (tertiary/aromatic N) is 5. The lowest BCUT2D eigenvalue weighted by Gasteiger charge is -2.23. The van der Waals surface area contributed by atoms with E-state index in [0.717, 1.165) is 49.4 Å². The van der Waals surface area contributed by atoms with Gasteiger partial charge in [0, 0.05) is 31.3 Å². The molecular weight excluding hydrogens is 454 g/mol. The van der Waals surface area contributed by atoms with Crippen LogP contribution in [-0.4, -0.2) is 78.6 Å². The first-order chi connectivity index (χ1) is 16.9. The summed E-state index contributed by atoms with van der Waals surface area (Å²) in [6, 6.07) is 3.49. The van der Waals surface area contributed by atoms with Crippen LogP contribution < -0.4 is 9.47 Å². The van der Waals surface area contributed by atoms with E-state index in [2.05, 4.69) is 25.1 Å². The molecule has 0 spiro atoms. The van der Waals surface area contributed by atoms with Crippen LogP contribution in [0.4, 0.5) is 0 Å². The molecule has 11 heteroatoms. The molecule has 4 rings (SSSR count). The van der Waals surface area contributed by atoms with Crippen LogP contribution >= 0.6 is 0 Å². The first kappa shape index (κ1) is 24.7. The van der Waals surface area contributed by atoms with Crippen molar-refractivity contribution in [2.24, 2.45) is 0 Å². The normalized spacial score (nSPS) is 15.1. The fourth-order valence-corrected chi connectivity index (χ4v) is 4.35. The smallest absolute Gasteiger partial charge is 0.338 e. The molecule has 0 unspecified atom stereocenters. The maximum Gasteiger partial charge on any atom is 0.338 e. The highest BCUT2D eigenvalue weighted by atomic mass is 16.5. The third-order valence-corrected chi connectivity index (χ3v) is 6.19. The number of rotatable bonds is 8. The fourth-order valence-electron chi connectivity index (χ4n) is 4.35. The molecule has 1 fully saturated rings. The van der Waals surface area contributed by atoms with Gasteiger partial charge in [-0.15, -0.1) is 0 Å². The van der Waals surface area contributed by atoms with E-state index >= 15 is 0 Å². The van der Waals surface area contributed by atoms with Crippen molar-refractivity contribution < 1.29 is 28.1 Å². The van der Waals surface area contributed by atoms with Gasteiger partial charge in [0.15, 0.2) is 5.82 Å². The molecule has 1 saturated heterocycles. The van der Waals surface area contributed by atoms with Crippen molar-refractivity contribution in [2.45, 2.75) is 33.4 Å². The molecular formula is C24H31N5O6. The van der Waals surface area contributed by atoms with Gasteiger partial charge < -0.3 is 23.3 Å². The van der Waals surface area contributed by atoms with Gasteiger partial charge in [-0.1, -0.05) is 10.3 Å². The second-order valence-electron chi connectivity index (χ2n) is 8.47. The Hall–Kier alpha value is -3.44. The van der Waals surface area contributed by atoms with Gasteiger partial charge in [-0.25, -0.2) is 4.79 Å². The number of hydrogen-bond donors (Lipinski definition) is 0. The first-order valence-corrected chi connectivity index (χ1v) is 11.5. The summed E-state index contributed by atoms with van der Waals surface area (Å²) in [5, 5.41) is 8.11. The highest BCUT2D eigenvalue weighted by molar-refractivity contribution is 5.92. The van der Waals surface area contributed by atoms with Gasteiger partial charge in [0.05, 0.1) is 39.1 Å². The minimum atomic E-state index is -0.417. The van der Waals surface area contributed by atoms with Gasteiger partial charge in [-0.2, -0.15) is 4.98 Å². The van der Waals surface area contributed by atoms with Crippen LogP contribution in [0.5, 0.6) is 11.5 Å². The molecule has 0 saturated carbocycles. The predicted molar refractivity (Wildman–Crippen MR) is 125 cm³/mol. The van der Waals surface area contributed by atoms with Gasteiger partial charge in [-0.05, 0) is 39.4 Å². The van der Waals surface area contributed by atoms with Gasteiger partial charge in [0.2, 0.25) is 0 Å². The summed E-state index contributed by atoms with van der Waals surface area (Å²) >= 11 is 0. The van der Waals surface area contributed by atoms with Crippen LogP contribution in [0.3, 0.4) is 0 Å². The number of ether oxygens (including phenoxy) is 3. The van der Waals surface area contributed by atoms with E-state index in [1.165, 1.54) is 7.11 Å². The average molecular weight is 486 g/mol. The first-order valence-electron chi connectivity index (χ1n) is 11.5. The summed E-state index contributed by atoms with van der Waals surface area (Å²) < 4.78 is 26.6. The predicted octanol–water partition coefficient (Wildman–Crippen LogP) is 2.85. The van der Waals surface area contributed by atoms with Crippen LogP contribution in [0.1, 0.15) is 39.6 Å². The second-order valence-corrected chi connectivity index (χ2v) is 8.47.